The van der Waals surface area contributed by atoms with Crippen molar-refractivity contribution >= 4 is 20.9 Å². The molecule has 7 heavy (non-hydrogen) atoms. The van der Waals surface area contributed by atoms with Crippen LogP contribution in [0.5, 0.6) is 0 Å². The fraction of sp³-hybridized carbons (Fsp3) is 0. The summed E-state index contributed by atoms with van der Waals surface area (Å²) >= 11 is 1.67. The van der Waals surface area contributed by atoms with Crippen LogP contribution in [0.15, 0.2) is 30.3 Å². The minimum absolute atomic E-state index is 1.38. The molecule has 0 aliphatic heterocycles. The third-order valence-electron chi connectivity index (χ3n) is 0.800. The minimum atomic E-state index is 1.38. The molecule has 1 heteroatoms. The first kappa shape index (κ1) is 4.91. The van der Waals surface area contributed by atoms with Crippen LogP contribution in [0.2, 0.25) is 0 Å². The molecule has 0 unspecified atom stereocenters. The first-order valence-corrected chi connectivity index (χ1v) is 3.41. The van der Waals surface area contributed by atoms with Gasteiger partial charge in [0.2, 0.25) is 0 Å². The van der Waals surface area contributed by atoms with Crippen molar-refractivity contribution in [1.82, 2.24) is 0 Å². The van der Waals surface area contributed by atoms with E-state index in [1.54, 1.807) is 16.5 Å². The van der Waals surface area contributed by atoms with Crippen LogP contribution in [0, 0.1) is 0 Å². The second-order valence-corrected chi connectivity index (χ2v) is 2.81. The third kappa shape index (κ3) is 1.35. The second kappa shape index (κ2) is 2.17. The van der Waals surface area contributed by atoms with Crippen molar-refractivity contribution in [1.29, 1.82) is 0 Å². The summed E-state index contributed by atoms with van der Waals surface area (Å²) in [6, 6.07) is 10.4. The Morgan fingerprint density at radius 1 is 1.00 bits per heavy atom. The molecule has 0 heterocycles. The van der Waals surface area contributed by atoms with E-state index in [4.69, 9.17) is 0 Å². The zero-order valence-electron chi connectivity index (χ0n) is 3.96. The summed E-state index contributed by atoms with van der Waals surface area (Å²) in [7, 11) is 0. The molecule has 1 aromatic carbocycles. The Morgan fingerprint density at radius 2 is 1.57 bits per heavy atom. The van der Waals surface area contributed by atoms with Crippen LogP contribution in [0.4, 0.5) is 0 Å². The van der Waals surface area contributed by atoms with E-state index >= 15 is 0 Å². The van der Waals surface area contributed by atoms with Crippen molar-refractivity contribution in [3.8, 4) is 0 Å². The quantitative estimate of drug-likeness (QED) is 0.464. The van der Waals surface area contributed by atoms with Gasteiger partial charge in [-0.3, -0.25) is 0 Å². The maximum atomic E-state index is 2.11. The average Bonchev–Trinajstić information content (AvgIpc) is 1.69. The van der Waals surface area contributed by atoms with Crippen LogP contribution in [-0.2, 0) is 0 Å². The van der Waals surface area contributed by atoms with E-state index in [0.717, 1.165) is 0 Å². The fourth-order valence-electron chi connectivity index (χ4n) is 0.453. The van der Waals surface area contributed by atoms with Gasteiger partial charge in [0, 0.05) is 0 Å². The third-order valence-corrected chi connectivity index (χ3v) is 1.61. The van der Waals surface area contributed by atoms with Crippen LogP contribution in [0.1, 0.15) is 0 Å². The van der Waals surface area contributed by atoms with Crippen molar-refractivity contribution in [2.75, 3.05) is 0 Å². The van der Waals surface area contributed by atoms with E-state index in [1.165, 1.54) is 4.40 Å². The second-order valence-electron chi connectivity index (χ2n) is 1.41. The molecule has 0 N–H and O–H groups in total. The molecule has 0 amide bonds. The molecule has 0 spiro atoms. The molecule has 0 fully saturated rings. The number of rotatable bonds is 0. The van der Waals surface area contributed by atoms with Crippen LogP contribution < -0.4 is 4.40 Å². The molecule has 0 aliphatic rings. The van der Waals surface area contributed by atoms with Gasteiger partial charge in [-0.2, -0.15) is 0 Å². The molecule has 1 aromatic rings. The molecule has 0 aromatic heterocycles. The van der Waals surface area contributed by atoms with Crippen molar-refractivity contribution in [2.45, 2.75) is 0 Å². The van der Waals surface area contributed by atoms with E-state index < -0.39 is 0 Å². The standard InChI is InChI=1S/C6H6Ge/c7-6-4-2-1-3-5-6/h1-5,7H. The van der Waals surface area contributed by atoms with Gasteiger partial charge in [-0.25, -0.2) is 0 Å². The molecular formula is C6H6Ge. The van der Waals surface area contributed by atoms with E-state index in [0.29, 0.717) is 0 Å². The van der Waals surface area contributed by atoms with Gasteiger partial charge in [-0.05, 0) is 0 Å². The van der Waals surface area contributed by atoms with Gasteiger partial charge < -0.3 is 0 Å². The molecule has 34 valence electrons. The summed E-state index contributed by atoms with van der Waals surface area (Å²) in [6.45, 7) is 0. The fourth-order valence-corrected chi connectivity index (χ4v) is 0.919. The summed E-state index contributed by atoms with van der Waals surface area (Å²) in [5.41, 5.74) is 0. The van der Waals surface area contributed by atoms with E-state index in [9.17, 15) is 0 Å². The number of hydrogen-bond donors (Lipinski definition) is 0. The van der Waals surface area contributed by atoms with Crippen molar-refractivity contribution < 1.29 is 0 Å². The first-order chi connectivity index (χ1) is 3.39. The average molecular weight is 151 g/mol. The SMILES string of the molecule is [GeH][c]1ccccc1. The maximum absolute atomic E-state index is 2.11. The van der Waals surface area contributed by atoms with Gasteiger partial charge in [-0.15, -0.1) is 0 Å². The Morgan fingerprint density at radius 3 is 1.86 bits per heavy atom. The van der Waals surface area contributed by atoms with E-state index in [1.807, 2.05) is 6.07 Å². The van der Waals surface area contributed by atoms with Gasteiger partial charge in [-0.1, -0.05) is 0 Å². The number of hydrogen-bond acceptors (Lipinski definition) is 0. The molecule has 0 saturated heterocycles. The van der Waals surface area contributed by atoms with Gasteiger partial charge in [0.05, 0.1) is 0 Å². The van der Waals surface area contributed by atoms with E-state index in [-0.39, 0.29) is 0 Å². The summed E-state index contributed by atoms with van der Waals surface area (Å²) < 4.78 is 1.38. The van der Waals surface area contributed by atoms with Crippen LogP contribution in [0.25, 0.3) is 0 Å². The zero-order valence-corrected chi connectivity index (χ0v) is 6.39. The Labute approximate surface area is 51.8 Å². The van der Waals surface area contributed by atoms with Gasteiger partial charge in [0.15, 0.2) is 0 Å². The molecule has 1 rings (SSSR count). The first-order valence-electron chi connectivity index (χ1n) is 2.20. The Kier molecular flexibility index (Phi) is 1.52. The van der Waals surface area contributed by atoms with Gasteiger partial charge >= 0.3 is 51.2 Å². The summed E-state index contributed by atoms with van der Waals surface area (Å²) in [6.07, 6.45) is 0. The van der Waals surface area contributed by atoms with Crippen LogP contribution >= 0.6 is 0 Å². The van der Waals surface area contributed by atoms with Crippen molar-refractivity contribution in [2.24, 2.45) is 0 Å². The molecule has 0 saturated carbocycles. The summed E-state index contributed by atoms with van der Waals surface area (Å²) in [4.78, 5) is 0. The molecule has 0 nitrogen and oxygen atoms in total. The van der Waals surface area contributed by atoms with Crippen molar-refractivity contribution in [3.63, 3.8) is 0 Å². The summed E-state index contributed by atoms with van der Waals surface area (Å²) in [5, 5.41) is 0. The summed E-state index contributed by atoms with van der Waals surface area (Å²) in [5.74, 6) is 0. The monoisotopic (exact) mass is 152 g/mol. The zero-order chi connectivity index (χ0) is 5.11. The topological polar surface area (TPSA) is 0 Å². The molecule has 2 radical (unpaired) electrons. The molecule has 0 aliphatic carbocycles. The van der Waals surface area contributed by atoms with Gasteiger partial charge in [0.1, 0.15) is 0 Å². The van der Waals surface area contributed by atoms with Crippen LogP contribution in [0.3, 0.4) is 0 Å². The van der Waals surface area contributed by atoms with Crippen molar-refractivity contribution in [3.05, 3.63) is 30.3 Å². The van der Waals surface area contributed by atoms with E-state index in [2.05, 4.69) is 24.3 Å². The predicted molar refractivity (Wildman–Crippen MR) is 33.2 cm³/mol. The predicted octanol–water partition coefficient (Wildman–Crippen LogP) is 0.213. The molecular weight excluding hydrogens is 145 g/mol. The Balaban J connectivity index is 3.02. The Hall–Kier alpha value is -0.237. The normalized spacial score (nSPS) is 8.71. The Bertz CT molecular complexity index is 134. The molecule has 0 atom stereocenters. The number of benzene rings is 1. The van der Waals surface area contributed by atoms with Gasteiger partial charge in [0.25, 0.3) is 0 Å². The molecule has 0 bridgehead atoms. The van der Waals surface area contributed by atoms with Crippen LogP contribution in [-0.4, -0.2) is 16.5 Å².